The summed E-state index contributed by atoms with van der Waals surface area (Å²) in [6.07, 6.45) is 4.67. The van der Waals surface area contributed by atoms with Crippen LogP contribution in [0.4, 0.5) is 0 Å². The molecule has 0 fully saturated rings. The van der Waals surface area contributed by atoms with Gasteiger partial charge in [0.1, 0.15) is 16.4 Å². The molecule has 148 valence electrons. The lowest BCUT2D eigenvalue weighted by Gasteiger charge is -2.07. The minimum atomic E-state index is -0.429. The highest BCUT2D eigenvalue weighted by Gasteiger charge is 2.08. The summed E-state index contributed by atoms with van der Waals surface area (Å²) in [6.45, 7) is 3.85. The van der Waals surface area contributed by atoms with Crippen molar-refractivity contribution in [2.45, 2.75) is 6.54 Å². The number of H-pyrrole nitrogens is 1. The summed E-state index contributed by atoms with van der Waals surface area (Å²) in [5.41, 5.74) is 0.384. The Labute approximate surface area is 176 Å². The zero-order valence-corrected chi connectivity index (χ0v) is 17.1. The van der Waals surface area contributed by atoms with Crippen molar-refractivity contribution in [1.29, 1.82) is 0 Å². The van der Waals surface area contributed by atoms with E-state index >= 15 is 0 Å². The molecule has 0 saturated heterocycles. The fourth-order valence-electron chi connectivity index (χ4n) is 2.89. The molecule has 0 atom stereocenters. The molecule has 0 amide bonds. The molecule has 3 rings (SSSR count). The molecular formula is C22H18Cl2N2O3. The molecule has 0 radical (unpaired) electrons. The molecule has 0 saturated carbocycles. The quantitative estimate of drug-likeness (QED) is 0.635. The number of para-hydroxylation sites is 1. The van der Waals surface area contributed by atoms with Crippen molar-refractivity contribution in [3.63, 3.8) is 0 Å². The molecule has 3 aromatic rings. The second-order valence-corrected chi connectivity index (χ2v) is 6.92. The van der Waals surface area contributed by atoms with E-state index in [4.69, 9.17) is 27.9 Å². The molecule has 0 aliphatic rings. The third-order valence-electron chi connectivity index (χ3n) is 4.27. The van der Waals surface area contributed by atoms with Crippen LogP contribution in [0.5, 0.6) is 5.75 Å². The molecule has 0 aliphatic heterocycles. The van der Waals surface area contributed by atoms with Gasteiger partial charge in [-0.2, -0.15) is 0 Å². The van der Waals surface area contributed by atoms with E-state index in [-0.39, 0.29) is 22.8 Å². The second kappa shape index (κ2) is 8.99. The van der Waals surface area contributed by atoms with Crippen LogP contribution in [0.2, 0.25) is 10.0 Å². The maximum absolute atomic E-state index is 13.1. The highest BCUT2D eigenvalue weighted by molar-refractivity contribution is 6.42. The Morgan fingerprint density at radius 3 is 2.52 bits per heavy atom. The maximum Gasteiger partial charge on any atom is 0.275 e. The second-order valence-electron chi connectivity index (χ2n) is 6.13. The summed E-state index contributed by atoms with van der Waals surface area (Å²) >= 11 is 12.2. The number of aromatic amines is 1. The molecular weight excluding hydrogens is 411 g/mol. The van der Waals surface area contributed by atoms with Gasteiger partial charge >= 0.3 is 0 Å². The van der Waals surface area contributed by atoms with Crippen molar-refractivity contribution in [2.75, 3.05) is 7.11 Å². The number of hydrogen-bond acceptors (Lipinski definition) is 3. The number of allylic oxidation sites excluding steroid dienone is 1. The van der Waals surface area contributed by atoms with Crippen LogP contribution >= 0.6 is 23.2 Å². The fourth-order valence-corrected chi connectivity index (χ4v) is 3.25. The van der Waals surface area contributed by atoms with Crippen LogP contribution in [-0.2, 0) is 6.54 Å². The molecule has 0 spiro atoms. The summed E-state index contributed by atoms with van der Waals surface area (Å²) < 4.78 is 6.68. The minimum Gasteiger partial charge on any atom is -0.496 e. The lowest BCUT2D eigenvalue weighted by Crippen LogP contribution is -2.53. The Morgan fingerprint density at radius 1 is 1.07 bits per heavy atom. The monoisotopic (exact) mass is 428 g/mol. The number of benzene rings is 2. The van der Waals surface area contributed by atoms with Crippen molar-refractivity contribution in [3.8, 4) is 5.75 Å². The molecule has 0 aliphatic carbocycles. The molecule has 0 bridgehead atoms. The Bertz CT molecular complexity index is 1310. The van der Waals surface area contributed by atoms with Crippen LogP contribution in [0.15, 0.2) is 64.7 Å². The first kappa shape index (κ1) is 20.7. The summed E-state index contributed by atoms with van der Waals surface area (Å²) in [7, 11) is 1.54. The fraction of sp³-hybridized carbons (Fsp3) is 0.0909. The van der Waals surface area contributed by atoms with Crippen molar-refractivity contribution in [2.24, 2.45) is 0 Å². The van der Waals surface area contributed by atoms with Gasteiger partial charge in [-0.3, -0.25) is 14.2 Å². The number of hydrogen-bond donors (Lipinski definition) is 1. The van der Waals surface area contributed by atoms with E-state index in [0.717, 1.165) is 0 Å². The average molecular weight is 429 g/mol. The van der Waals surface area contributed by atoms with Crippen LogP contribution in [0.1, 0.15) is 11.1 Å². The SMILES string of the molecule is C=CCn1c(=O)/c(=C\c2cccc(Cl)c2Cl)[nH]c(=O)/c1=C\c1ccccc1OC. The number of aromatic nitrogens is 2. The molecule has 1 N–H and O–H groups in total. The lowest BCUT2D eigenvalue weighted by atomic mass is 10.2. The molecule has 2 aromatic carbocycles. The topological polar surface area (TPSA) is 64.1 Å². The van der Waals surface area contributed by atoms with Gasteiger partial charge in [-0.15, -0.1) is 6.58 Å². The zero-order chi connectivity index (χ0) is 21.0. The van der Waals surface area contributed by atoms with Gasteiger partial charge in [-0.25, -0.2) is 0 Å². The van der Waals surface area contributed by atoms with E-state index in [1.807, 2.05) is 12.1 Å². The van der Waals surface area contributed by atoms with Gasteiger partial charge in [0, 0.05) is 12.1 Å². The van der Waals surface area contributed by atoms with E-state index in [1.165, 1.54) is 10.6 Å². The van der Waals surface area contributed by atoms with Gasteiger partial charge < -0.3 is 9.72 Å². The molecule has 1 aromatic heterocycles. The van der Waals surface area contributed by atoms with Crippen molar-refractivity contribution in [3.05, 3.63) is 108 Å². The van der Waals surface area contributed by atoms with Crippen LogP contribution < -0.4 is 26.6 Å². The normalized spacial score (nSPS) is 12.2. The molecule has 7 heteroatoms. The highest BCUT2D eigenvalue weighted by atomic mass is 35.5. The summed E-state index contributed by atoms with van der Waals surface area (Å²) in [4.78, 5) is 28.5. The number of rotatable bonds is 5. The minimum absolute atomic E-state index is 0.0955. The molecule has 5 nitrogen and oxygen atoms in total. The van der Waals surface area contributed by atoms with Crippen LogP contribution in [-0.4, -0.2) is 16.7 Å². The van der Waals surface area contributed by atoms with Crippen LogP contribution in [0, 0.1) is 0 Å². The van der Waals surface area contributed by atoms with E-state index in [1.54, 1.807) is 49.6 Å². The van der Waals surface area contributed by atoms with E-state index in [0.29, 0.717) is 26.9 Å². The third kappa shape index (κ3) is 4.36. The van der Waals surface area contributed by atoms with E-state index < -0.39 is 5.56 Å². The Morgan fingerprint density at radius 2 is 1.79 bits per heavy atom. The third-order valence-corrected chi connectivity index (χ3v) is 5.10. The lowest BCUT2D eigenvalue weighted by molar-refractivity contribution is 0.414. The number of halogens is 2. The Hall–Kier alpha value is -3.02. The first-order valence-electron chi connectivity index (χ1n) is 8.70. The van der Waals surface area contributed by atoms with E-state index in [9.17, 15) is 9.59 Å². The van der Waals surface area contributed by atoms with Crippen molar-refractivity contribution in [1.82, 2.24) is 9.55 Å². The first-order chi connectivity index (χ1) is 14.0. The number of nitrogens with zero attached hydrogens (tertiary/aromatic N) is 1. The smallest absolute Gasteiger partial charge is 0.275 e. The van der Waals surface area contributed by atoms with Gasteiger partial charge in [0.2, 0.25) is 0 Å². The standard InChI is InChI=1S/C22H18Cl2N2O3/c1-3-11-26-18(13-14-7-4-5-10-19(14)29-2)21(27)25-17(22(26)28)12-15-8-6-9-16(23)20(15)24/h3-10,12-13H,1,11H2,2H3,(H,25,27)/b17-12+,18-13+. The first-order valence-corrected chi connectivity index (χ1v) is 9.46. The Kier molecular flexibility index (Phi) is 6.42. The van der Waals surface area contributed by atoms with Gasteiger partial charge in [-0.05, 0) is 29.8 Å². The predicted octanol–water partition coefficient (Wildman–Crippen LogP) is 2.70. The van der Waals surface area contributed by atoms with Gasteiger partial charge in [-0.1, -0.05) is 59.6 Å². The predicted molar refractivity (Wildman–Crippen MR) is 117 cm³/mol. The van der Waals surface area contributed by atoms with Crippen molar-refractivity contribution >= 4 is 35.4 Å². The summed E-state index contributed by atoms with van der Waals surface area (Å²) in [5, 5.41) is 0.941. The number of ether oxygens (including phenoxy) is 1. The van der Waals surface area contributed by atoms with Gasteiger partial charge in [0.05, 0.1) is 17.2 Å². The van der Waals surface area contributed by atoms with Gasteiger partial charge in [0.15, 0.2) is 0 Å². The highest BCUT2D eigenvalue weighted by Crippen LogP contribution is 2.25. The molecule has 1 heterocycles. The van der Waals surface area contributed by atoms with Crippen LogP contribution in [0.3, 0.4) is 0 Å². The van der Waals surface area contributed by atoms with Gasteiger partial charge in [0.25, 0.3) is 11.1 Å². The largest absolute Gasteiger partial charge is 0.496 e. The number of nitrogens with one attached hydrogen (secondary N) is 1. The Balaban J connectivity index is 2.33. The number of methoxy groups -OCH3 is 1. The molecule has 0 unspecified atom stereocenters. The average Bonchev–Trinajstić information content (AvgIpc) is 2.72. The molecule has 29 heavy (non-hydrogen) atoms. The van der Waals surface area contributed by atoms with Crippen LogP contribution in [0.25, 0.3) is 12.2 Å². The van der Waals surface area contributed by atoms with Crippen molar-refractivity contribution < 1.29 is 4.74 Å². The maximum atomic E-state index is 13.1. The summed E-state index contributed by atoms with van der Waals surface area (Å²) in [5.74, 6) is 0.589. The van der Waals surface area contributed by atoms with E-state index in [2.05, 4.69) is 11.6 Å². The summed E-state index contributed by atoms with van der Waals surface area (Å²) in [6, 6.07) is 12.3. The zero-order valence-electron chi connectivity index (χ0n) is 15.6.